The van der Waals surface area contributed by atoms with Crippen LogP contribution in [0.25, 0.3) is 44.1 Å². The van der Waals surface area contributed by atoms with Crippen molar-refractivity contribution in [1.29, 1.82) is 0 Å². The van der Waals surface area contributed by atoms with Gasteiger partial charge in [-0.1, -0.05) is 0 Å². The highest BCUT2D eigenvalue weighted by Gasteiger charge is 2.23. The second-order valence-corrected chi connectivity index (χ2v) is 10.5. The van der Waals surface area contributed by atoms with Crippen molar-refractivity contribution in [2.75, 3.05) is 13.1 Å². The lowest BCUT2D eigenvalue weighted by molar-refractivity contribution is 0.0926. The molecule has 2 aliphatic rings. The van der Waals surface area contributed by atoms with Crippen LogP contribution in [0, 0.1) is 11.6 Å². The quantitative estimate of drug-likeness (QED) is 0.282. The van der Waals surface area contributed by atoms with Gasteiger partial charge in [0.1, 0.15) is 23.0 Å². The van der Waals surface area contributed by atoms with Crippen molar-refractivity contribution >= 4 is 33.6 Å². The lowest BCUT2D eigenvalue weighted by Gasteiger charge is -2.18. The summed E-state index contributed by atoms with van der Waals surface area (Å²) in [4.78, 5) is 32.1. The number of benzene rings is 2. The van der Waals surface area contributed by atoms with Crippen LogP contribution in [0.4, 0.5) is 8.78 Å². The van der Waals surface area contributed by atoms with Gasteiger partial charge in [-0.3, -0.25) is 19.6 Å². The van der Waals surface area contributed by atoms with Crippen molar-refractivity contribution in [3.8, 4) is 22.3 Å². The average molecular weight is 577 g/mol. The van der Waals surface area contributed by atoms with Crippen LogP contribution < -0.4 is 10.6 Å². The Kier molecular flexibility index (Phi) is 6.65. The van der Waals surface area contributed by atoms with Gasteiger partial charge in [0.05, 0.1) is 11.0 Å². The predicted molar refractivity (Wildman–Crippen MR) is 160 cm³/mol. The van der Waals surface area contributed by atoms with Gasteiger partial charge in [0, 0.05) is 72.9 Å². The summed E-state index contributed by atoms with van der Waals surface area (Å²) in [6, 6.07) is 16.9. The van der Waals surface area contributed by atoms with Gasteiger partial charge in [0.15, 0.2) is 0 Å². The van der Waals surface area contributed by atoms with Gasteiger partial charge in [0.25, 0.3) is 11.8 Å². The van der Waals surface area contributed by atoms with Gasteiger partial charge >= 0.3 is 0 Å². The molecule has 2 amide bonds. The van der Waals surface area contributed by atoms with Crippen LogP contribution in [0.1, 0.15) is 27.4 Å². The molecule has 0 radical (unpaired) electrons. The van der Waals surface area contributed by atoms with Crippen molar-refractivity contribution < 1.29 is 18.4 Å². The number of aromatic nitrogens is 4. The Bertz CT molecular complexity index is 2020. The fourth-order valence-corrected chi connectivity index (χ4v) is 6.00. The second-order valence-electron chi connectivity index (χ2n) is 10.5. The maximum Gasteiger partial charge on any atom is 0.268 e. The number of hydrogen-bond donors (Lipinski definition) is 2. The Labute approximate surface area is 245 Å². The molecule has 2 aliphatic heterocycles. The van der Waals surface area contributed by atoms with E-state index in [2.05, 4.69) is 20.6 Å². The third-order valence-electron chi connectivity index (χ3n) is 7.83. The molecule has 0 saturated carbocycles. The molecule has 4 aromatic heterocycles. The number of aryl methyl sites for hydroxylation is 1. The van der Waals surface area contributed by atoms with E-state index in [0.29, 0.717) is 31.0 Å². The molecule has 10 heteroatoms. The molecule has 0 fully saturated rings. The van der Waals surface area contributed by atoms with E-state index in [1.807, 2.05) is 33.4 Å². The van der Waals surface area contributed by atoms with Crippen LogP contribution >= 0.6 is 0 Å². The van der Waals surface area contributed by atoms with E-state index in [1.54, 1.807) is 36.9 Å². The number of hydrogen-bond acceptors (Lipinski definition) is 4. The minimum absolute atomic E-state index is 0.102. The summed E-state index contributed by atoms with van der Waals surface area (Å²) in [5.41, 5.74) is 6.33. The van der Waals surface area contributed by atoms with Crippen molar-refractivity contribution in [3.63, 3.8) is 0 Å². The SMILES string of the molecule is O=C1NCCCn2c1cc1cc(F)cc(-c3ccncc3)c12.O=C1NCCn2c1cc1cc(F)cc(-c3ccncc3)c12. The molecule has 2 N–H and O–H groups in total. The van der Waals surface area contributed by atoms with Gasteiger partial charge < -0.3 is 19.8 Å². The fraction of sp³-hybridized carbons (Fsp3) is 0.152. The predicted octanol–water partition coefficient (Wildman–Crippen LogP) is 5.56. The Morgan fingerprint density at radius 2 is 1.07 bits per heavy atom. The second kappa shape index (κ2) is 10.8. The molecule has 0 spiro atoms. The summed E-state index contributed by atoms with van der Waals surface area (Å²) in [5, 5.41) is 7.17. The molecule has 214 valence electrons. The van der Waals surface area contributed by atoms with Crippen molar-refractivity contribution in [2.45, 2.75) is 19.5 Å². The van der Waals surface area contributed by atoms with Crippen LogP contribution in [0.5, 0.6) is 0 Å². The van der Waals surface area contributed by atoms with E-state index in [0.717, 1.165) is 57.0 Å². The summed E-state index contributed by atoms with van der Waals surface area (Å²) in [6.07, 6.45) is 7.59. The Morgan fingerprint density at radius 3 is 1.58 bits per heavy atom. The van der Waals surface area contributed by atoms with Crippen LogP contribution in [-0.2, 0) is 13.1 Å². The minimum Gasteiger partial charge on any atom is -0.351 e. The summed E-state index contributed by atoms with van der Waals surface area (Å²) in [5.74, 6) is -0.827. The normalized spacial score (nSPS) is 14.3. The highest BCUT2D eigenvalue weighted by molar-refractivity contribution is 6.04. The molecule has 6 heterocycles. The number of rotatable bonds is 2. The number of nitrogens with one attached hydrogen (secondary N) is 2. The first-order valence-electron chi connectivity index (χ1n) is 14.0. The van der Waals surface area contributed by atoms with E-state index in [9.17, 15) is 18.4 Å². The molecule has 0 bridgehead atoms. The first-order chi connectivity index (χ1) is 21.0. The first-order valence-corrected chi connectivity index (χ1v) is 14.0. The molecule has 8 nitrogen and oxygen atoms in total. The summed E-state index contributed by atoms with van der Waals surface area (Å²) in [6.45, 7) is 2.67. The zero-order valence-electron chi connectivity index (χ0n) is 23.0. The molecule has 0 aliphatic carbocycles. The van der Waals surface area contributed by atoms with Gasteiger partial charge in [-0.25, -0.2) is 8.78 Å². The zero-order chi connectivity index (χ0) is 29.5. The number of pyridine rings is 2. The number of fused-ring (bicyclic) bond motifs is 6. The third-order valence-corrected chi connectivity index (χ3v) is 7.83. The molecule has 2 aromatic carbocycles. The Hall–Kier alpha value is -5.38. The van der Waals surface area contributed by atoms with Crippen molar-refractivity contribution in [1.82, 2.24) is 29.7 Å². The Balaban J connectivity index is 0.000000140. The number of carbonyl (C=O) groups is 2. The molecular formula is C33H26F2N6O2. The van der Waals surface area contributed by atoms with E-state index < -0.39 is 0 Å². The lowest BCUT2D eigenvalue weighted by atomic mass is 10.0. The number of amides is 2. The standard InChI is InChI=1S/C17H14FN3O.C16H12FN3O/c18-13-8-12-9-15-17(22)20-4-1-7-21(15)16(12)14(10-13)11-2-5-19-6-3-11;17-12-7-11-8-14-16(21)19-5-6-20(14)15(11)13(9-12)10-1-3-18-4-2-10/h2-3,5-6,8-10H,1,4,7H2,(H,20,22);1-4,7-9H,5-6H2,(H,19,21). The average Bonchev–Trinajstić information content (AvgIpc) is 3.53. The number of halogens is 2. The number of nitrogens with zero attached hydrogens (tertiary/aromatic N) is 4. The molecule has 6 aromatic rings. The van der Waals surface area contributed by atoms with Crippen LogP contribution in [0.3, 0.4) is 0 Å². The topological polar surface area (TPSA) is 93.8 Å². The van der Waals surface area contributed by atoms with Crippen LogP contribution in [0.2, 0.25) is 0 Å². The minimum atomic E-state index is -0.308. The van der Waals surface area contributed by atoms with Gasteiger partial charge in [-0.15, -0.1) is 0 Å². The third kappa shape index (κ3) is 4.80. The van der Waals surface area contributed by atoms with Crippen LogP contribution in [0.15, 0.2) is 85.5 Å². The monoisotopic (exact) mass is 576 g/mol. The van der Waals surface area contributed by atoms with E-state index in [-0.39, 0.29) is 23.4 Å². The molecule has 0 saturated heterocycles. The fourth-order valence-electron chi connectivity index (χ4n) is 6.00. The summed E-state index contributed by atoms with van der Waals surface area (Å²) < 4.78 is 31.9. The lowest BCUT2D eigenvalue weighted by Crippen LogP contribution is -2.34. The first kappa shape index (κ1) is 26.5. The summed E-state index contributed by atoms with van der Waals surface area (Å²) in [7, 11) is 0. The number of carbonyl (C=O) groups excluding carboxylic acids is 2. The van der Waals surface area contributed by atoms with Gasteiger partial charge in [0.2, 0.25) is 0 Å². The largest absolute Gasteiger partial charge is 0.351 e. The van der Waals surface area contributed by atoms with Crippen molar-refractivity contribution in [2.24, 2.45) is 0 Å². The Morgan fingerprint density at radius 1 is 0.605 bits per heavy atom. The highest BCUT2D eigenvalue weighted by atomic mass is 19.1. The van der Waals surface area contributed by atoms with Crippen molar-refractivity contribution in [3.05, 3.63) is 108 Å². The molecular weight excluding hydrogens is 550 g/mol. The van der Waals surface area contributed by atoms with E-state index in [1.165, 1.54) is 24.3 Å². The maximum atomic E-state index is 14.0. The molecule has 43 heavy (non-hydrogen) atoms. The molecule has 0 atom stereocenters. The highest BCUT2D eigenvalue weighted by Crippen LogP contribution is 2.34. The summed E-state index contributed by atoms with van der Waals surface area (Å²) >= 11 is 0. The van der Waals surface area contributed by atoms with Gasteiger partial charge in [-0.05, 0) is 78.2 Å². The zero-order valence-corrected chi connectivity index (χ0v) is 23.0. The van der Waals surface area contributed by atoms with Gasteiger partial charge in [-0.2, -0.15) is 0 Å². The smallest absolute Gasteiger partial charge is 0.268 e. The van der Waals surface area contributed by atoms with E-state index >= 15 is 0 Å². The van der Waals surface area contributed by atoms with Crippen LogP contribution in [-0.4, -0.2) is 44.0 Å². The molecule has 0 unspecified atom stereocenters. The van der Waals surface area contributed by atoms with E-state index in [4.69, 9.17) is 0 Å². The molecule has 8 rings (SSSR count). The maximum absolute atomic E-state index is 14.0.